The third kappa shape index (κ3) is 1.32. The maximum Gasteiger partial charge on any atom is 0.407 e. The van der Waals surface area contributed by atoms with Crippen molar-refractivity contribution in [2.45, 2.75) is 19.3 Å². The molecule has 14 heavy (non-hydrogen) atoms. The topological polar surface area (TPSA) is 66.8 Å². The first kappa shape index (κ1) is 9.30. The maximum atomic E-state index is 11.4. The Bertz CT molecular complexity index is 268. The second-order valence-corrected chi connectivity index (χ2v) is 3.94. The van der Waals surface area contributed by atoms with Crippen molar-refractivity contribution in [1.29, 1.82) is 0 Å². The van der Waals surface area contributed by atoms with E-state index in [0.717, 1.165) is 6.42 Å². The van der Waals surface area contributed by atoms with Crippen molar-refractivity contribution in [3.8, 4) is 0 Å². The number of likely N-dealkylation sites (tertiary alicyclic amines) is 1. The molecule has 0 atom stereocenters. The molecule has 5 nitrogen and oxygen atoms in total. The monoisotopic (exact) mass is 199 g/mol. The van der Waals surface area contributed by atoms with E-state index in [1.807, 2.05) is 0 Å². The molecule has 0 bridgehead atoms. The molecule has 2 aliphatic rings. The van der Waals surface area contributed by atoms with E-state index < -0.39 is 6.09 Å². The summed E-state index contributed by atoms with van der Waals surface area (Å²) in [7, 11) is 0. The van der Waals surface area contributed by atoms with Gasteiger partial charge in [0.15, 0.2) is 0 Å². The zero-order valence-corrected chi connectivity index (χ0v) is 7.86. The molecule has 2 heterocycles. The number of hydrogen-bond acceptors (Lipinski definition) is 3. The predicted octanol–water partition coefficient (Wildman–Crippen LogP) is 0.694. The molecule has 2 rings (SSSR count). The van der Waals surface area contributed by atoms with Crippen molar-refractivity contribution in [1.82, 2.24) is 4.90 Å². The zero-order chi connectivity index (χ0) is 10.2. The van der Waals surface area contributed by atoms with Gasteiger partial charge in [-0.2, -0.15) is 0 Å². The number of carbonyl (C=O) groups excluding carboxylic acids is 1. The van der Waals surface area contributed by atoms with E-state index in [9.17, 15) is 9.59 Å². The molecule has 1 spiro atoms. The van der Waals surface area contributed by atoms with E-state index in [1.54, 1.807) is 0 Å². The minimum absolute atomic E-state index is 0.137. The van der Waals surface area contributed by atoms with E-state index in [0.29, 0.717) is 32.5 Å². The van der Waals surface area contributed by atoms with Crippen LogP contribution in [0.2, 0.25) is 0 Å². The summed E-state index contributed by atoms with van der Waals surface area (Å²) in [5.74, 6) is -0.137. The van der Waals surface area contributed by atoms with Gasteiger partial charge >= 0.3 is 12.1 Å². The standard InChI is InChI=1S/C9H13NO4/c11-7-9(3-6-14-7)1-4-10(5-2-9)8(12)13/h1-6H2,(H,12,13). The summed E-state index contributed by atoms with van der Waals surface area (Å²) in [6.07, 6.45) is 1.07. The van der Waals surface area contributed by atoms with Gasteiger partial charge in [0.05, 0.1) is 12.0 Å². The Morgan fingerprint density at radius 3 is 2.43 bits per heavy atom. The maximum absolute atomic E-state index is 11.4. The Labute approximate surface area is 81.6 Å². The fraction of sp³-hybridized carbons (Fsp3) is 0.778. The highest BCUT2D eigenvalue weighted by atomic mass is 16.5. The number of ether oxygens (including phenoxy) is 1. The molecule has 2 saturated heterocycles. The SMILES string of the molecule is O=C(O)N1CCC2(CCOC2=O)CC1. The molecule has 1 amide bonds. The Morgan fingerprint density at radius 2 is 2.00 bits per heavy atom. The van der Waals surface area contributed by atoms with Crippen molar-refractivity contribution in [3.63, 3.8) is 0 Å². The minimum Gasteiger partial charge on any atom is -0.465 e. The van der Waals surface area contributed by atoms with Crippen molar-refractivity contribution in [2.75, 3.05) is 19.7 Å². The Morgan fingerprint density at radius 1 is 1.36 bits per heavy atom. The Hall–Kier alpha value is -1.26. The van der Waals surface area contributed by atoms with Gasteiger partial charge in [-0.3, -0.25) is 4.79 Å². The van der Waals surface area contributed by atoms with Crippen molar-refractivity contribution < 1.29 is 19.4 Å². The number of cyclic esters (lactones) is 1. The van der Waals surface area contributed by atoms with E-state index in [-0.39, 0.29) is 11.4 Å². The second-order valence-electron chi connectivity index (χ2n) is 3.94. The molecule has 2 fully saturated rings. The van der Waals surface area contributed by atoms with E-state index in [1.165, 1.54) is 4.90 Å². The summed E-state index contributed by atoms with van der Waals surface area (Å²) >= 11 is 0. The molecule has 0 unspecified atom stereocenters. The molecule has 0 saturated carbocycles. The van der Waals surface area contributed by atoms with Crippen LogP contribution in [0.25, 0.3) is 0 Å². The molecule has 0 aromatic heterocycles. The summed E-state index contributed by atoms with van der Waals surface area (Å²) in [5, 5.41) is 8.75. The number of rotatable bonds is 0. The summed E-state index contributed by atoms with van der Waals surface area (Å²) in [5.41, 5.74) is -0.369. The Kier molecular flexibility index (Phi) is 2.09. The van der Waals surface area contributed by atoms with Crippen LogP contribution in [0.15, 0.2) is 0 Å². The summed E-state index contributed by atoms with van der Waals surface area (Å²) in [6.45, 7) is 1.39. The fourth-order valence-corrected chi connectivity index (χ4v) is 2.17. The largest absolute Gasteiger partial charge is 0.465 e. The van der Waals surface area contributed by atoms with Crippen molar-refractivity contribution in [2.24, 2.45) is 5.41 Å². The first-order valence-electron chi connectivity index (χ1n) is 4.79. The first-order chi connectivity index (χ1) is 6.64. The molecule has 2 aliphatic heterocycles. The van der Waals surface area contributed by atoms with Gasteiger partial charge in [0.2, 0.25) is 0 Å². The van der Waals surface area contributed by atoms with Crippen molar-refractivity contribution >= 4 is 12.1 Å². The molecular formula is C9H13NO4. The van der Waals surface area contributed by atoms with Gasteiger partial charge < -0.3 is 14.7 Å². The molecule has 5 heteroatoms. The van der Waals surface area contributed by atoms with E-state index >= 15 is 0 Å². The normalized spacial score (nSPS) is 25.1. The number of nitrogens with zero attached hydrogens (tertiary/aromatic N) is 1. The van der Waals surface area contributed by atoms with Gasteiger partial charge in [-0.15, -0.1) is 0 Å². The molecule has 1 N–H and O–H groups in total. The lowest BCUT2D eigenvalue weighted by atomic mass is 9.77. The van der Waals surface area contributed by atoms with Gasteiger partial charge in [0.25, 0.3) is 0 Å². The summed E-state index contributed by atoms with van der Waals surface area (Å²) < 4.78 is 4.94. The van der Waals surface area contributed by atoms with Crippen LogP contribution in [0.1, 0.15) is 19.3 Å². The highest BCUT2D eigenvalue weighted by Gasteiger charge is 2.46. The van der Waals surface area contributed by atoms with Crippen LogP contribution < -0.4 is 0 Å². The molecular weight excluding hydrogens is 186 g/mol. The molecule has 0 radical (unpaired) electrons. The predicted molar refractivity (Wildman–Crippen MR) is 46.8 cm³/mol. The first-order valence-corrected chi connectivity index (χ1v) is 4.79. The summed E-state index contributed by atoms with van der Waals surface area (Å²) in [6, 6.07) is 0. The molecule has 0 aromatic rings. The van der Waals surface area contributed by atoms with Crippen LogP contribution in [0, 0.1) is 5.41 Å². The van der Waals surface area contributed by atoms with Crippen LogP contribution in [-0.2, 0) is 9.53 Å². The number of hydrogen-bond donors (Lipinski definition) is 1. The van der Waals surface area contributed by atoms with Crippen molar-refractivity contribution in [3.05, 3.63) is 0 Å². The number of carbonyl (C=O) groups is 2. The van der Waals surface area contributed by atoms with Crippen LogP contribution in [0.3, 0.4) is 0 Å². The summed E-state index contributed by atoms with van der Waals surface area (Å²) in [4.78, 5) is 23.4. The third-order valence-corrected chi connectivity index (χ3v) is 3.24. The van der Waals surface area contributed by atoms with Gasteiger partial charge in [-0.25, -0.2) is 4.79 Å². The average molecular weight is 199 g/mol. The minimum atomic E-state index is -0.897. The zero-order valence-electron chi connectivity index (χ0n) is 7.86. The average Bonchev–Trinajstić information content (AvgIpc) is 2.49. The van der Waals surface area contributed by atoms with Gasteiger partial charge in [-0.05, 0) is 19.3 Å². The second kappa shape index (κ2) is 3.15. The number of piperidine rings is 1. The number of esters is 1. The third-order valence-electron chi connectivity index (χ3n) is 3.24. The van der Waals surface area contributed by atoms with Gasteiger partial charge in [0, 0.05) is 13.1 Å². The molecule has 0 aromatic carbocycles. The lowest BCUT2D eigenvalue weighted by Gasteiger charge is -2.34. The number of carboxylic acid groups (broad SMARTS) is 1. The van der Waals surface area contributed by atoms with Crippen LogP contribution in [-0.4, -0.2) is 41.8 Å². The lowest BCUT2D eigenvalue weighted by Crippen LogP contribution is -2.44. The van der Waals surface area contributed by atoms with Crippen LogP contribution in [0.4, 0.5) is 4.79 Å². The van der Waals surface area contributed by atoms with Crippen LogP contribution >= 0.6 is 0 Å². The highest BCUT2D eigenvalue weighted by molar-refractivity contribution is 5.79. The molecule has 0 aliphatic carbocycles. The van der Waals surface area contributed by atoms with Crippen LogP contribution in [0.5, 0.6) is 0 Å². The van der Waals surface area contributed by atoms with E-state index in [2.05, 4.69) is 0 Å². The van der Waals surface area contributed by atoms with Gasteiger partial charge in [-0.1, -0.05) is 0 Å². The van der Waals surface area contributed by atoms with Gasteiger partial charge in [0.1, 0.15) is 0 Å². The lowest BCUT2D eigenvalue weighted by molar-refractivity contribution is -0.148. The molecule has 78 valence electrons. The van der Waals surface area contributed by atoms with E-state index in [4.69, 9.17) is 9.84 Å². The fourth-order valence-electron chi connectivity index (χ4n) is 2.17. The highest BCUT2D eigenvalue weighted by Crippen LogP contribution is 2.40. The quantitative estimate of drug-likeness (QED) is 0.583. The Balaban J connectivity index is 2.01. The smallest absolute Gasteiger partial charge is 0.407 e. The number of amides is 1.